The quantitative estimate of drug-likeness (QED) is 0.828. The zero-order valence-electron chi connectivity index (χ0n) is 16.9. The number of likely N-dealkylation sites (tertiary alicyclic amines) is 1. The van der Waals surface area contributed by atoms with E-state index in [0.717, 1.165) is 6.54 Å². The Morgan fingerprint density at radius 3 is 2.79 bits per heavy atom. The van der Waals surface area contributed by atoms with Crippen LogP contribution in [0.3, 0.4) is 0 Å². The number of ketones is 1. The monoisotopic (exact) mass is 387 g/mol. The lowest BCUT2D eigenvalue weighted by Gasteiger charge is -2.37. The Bertz CT molecular complexity index is 764. The van der Waals surface area contributed by atoms with Gasteiger partial charge >= 0.3 is 0 Å². The summed E-state index contributed by atoms with van der Waals surface area (Å²) in [7, 11) is 3.88. The Morgan fingerprint density at radius 1 is 1.29 bits per heavy atom. The summed E-state index contributed by atoms with van der Waals surface area (Å²) in [5.41, 5.74) is -0.0639. The van der Waals surface area contributed by atoms with E-state index in [4.69, 9.17) is 4.74 Å². The number of Topliss-reactive ketones (excluding diaryl/α,β-unsaturated/α-hetero) is 1. The summed E-state index contributed by atoms with van der Waals surface area (Å²) >= 11 is 0. The summed E-state index contributed by atoms with van der Waals surface area (Å²) in [5, 5.41) is 2.88. The van der Waals surface area contributed by atoms with E-state index in [1.807, 2.05) is 31.1 Å². The molecule has 0 radical (unpaired) electrons. The maximum atomic E-state index is 12.7. The fourth-order valence-electron chi connectivity index (χ4n) is 3.88. The number of benzene rings is 1. The van der Waals surface area contributed by atoms with Crippen molar-refractivity contribution in [2.45, 2.75) is 44.2 Å². The van der Waals surface area contributed by atoms with Gasteiger partial charge in [-0.15, -0.1) is 0 Å². The van der Waals surface area contributed by atoms with Gasteiger partial charge in [0.15, 0.2) is 5.78 Å². The third-order valence-corrected chi connectivity index (χ3v) is 5.63. The zero-order chi connectivity index (χ0) is 20.3. The van der Waals surface area contributed by atoms with Gasteiger partial charge in [-0.2, -0.15) is 0 Å². The highest BCUT2D eigenvalue weighted by Crippen LogP contribution is 2.39. The third-order valence-electron chi connectivity index (χ3n) is 5.63. The van der Waals surface area contributed by atoms with E-state index in [2.05, 4.69) is 5.32 Å². The van der Waals surface area contributed by atoms with E-state index in [-0.39, 0.29) is 30.4 Å². The molecular weight excluding hydrogens is 358 g/mol. The molecule has 2 atom stereocenters. The lowest BCUT2D eigenvalue weighted by atomic mass is 9.84. The summed E-state index contributed by atoms with van der Waals surface area (Å²) in [6.07, 6.45) is 1.56. The number of carbonyl (C=O) groups excluding carboxylic acids is 3. The number of para-hydroxylation sites is 1. The van der Waals surface area contributed by atoms with Gasteiger partial charge in [0.25, 0.3) is 0 Å². The largest absolute Gasteiger partial charge is 0.486 e. The molecule has 3 rings (SSSR count). The van der Waals surface area contributed by atoms with E-state index in [1.165, 1.54) is 0 Å². The first-order valence-corrected chi connectivity index (χ1v) is 9.84. The van der Waals surface area contributed by atoms with Crippen LogP contribution in [0.25, 0.3) is 0 Å². The van der Waals surface area contributed by atoms with Crippen LogP contribution in [0, 0.1) is 0 Å². The number of rotatable bonds is 5. The van der Waals surface area contributed by atoms with Gasteiger partial charge in [0.05, 0.1) is 12.0 Å². The maximum absolute atomic E-state index is 12.7. The maximum Gasteiger partial charge on any atom is 0.242 e. The molecule has 2 aliphatic heterocycles. The van der Waals surface area contributed by atoms with Crippen molar-refractivity contribution in [2.24, 2.45) is 0 Å². The highest BCUT2D eigenvalue weighted by molar-refractivity contribution is 6.00. The number of hydrogen-bond acceptors (Lipinski definition) is 5. The minimum absolute atomic E-state index is 0.0530. The van der Waals surface area contributed by atoms with E-state index in [1.54, 1.807) is 24.0 Å². The summed E-state index contributed by atoms with van der Waals surface area (Å²) in [6, 6.07) is 6.71. The van der Waals surface area contributed by atoms with Crippen molar-refractivity contribution in [1.82, 2.24) is 15.1 Å². The lowest BCUT2D eigenvalue weighted by Crippen LogP contribution is -2.49. The molecule has 1 fully saturated rings. The molecule has 2 amide bonds. The van der Waals surface area contributed by atoms with E-state index < -0.39 is 11.6 Å². The molecule has 1 aromatic rings. The Kier molecular flexibility index (Phi) is 6.03. The minimum Gasteiger partial charge on any atom is -0.486 e. The van der Waals surface area contributed by atoms with Crippen LogP contribution < -0.4 is 10.1 Å². The number of likely N-dealkylation sites (N-methyl/N-ethyl adjacent to an activating group) is 1. The highest BCUT2D eigenvalue weighted by atomic mass is 16.5. The van der Waals surface area contributed by atoms with Crippen molar-refractivity contribution in [1.29, 1.82) is 0 Å². The Balaban J connectivity index is 1.67. The normalized spacial score (nSPS) is 23.2. The second-order valence-electron chi connectivity index (χ2n) is 7.99. The van der Waals surface area contributed by atoms with Gasteiger partial charge in [-0.1, -0.05) is 12.1 Å². The Morgan fingerprint density at radius 2 is 2.04 bits per heavy atom. The number of ether oxygens (including phenoxy) is 1. The number of carbonyl (C=O) groups is 3. The smallest absolute Gasteiger partial charge is 0.242 e. The van der Waals surface area contributed by atoms with Gasteiger partial charge in [-0.3, -0.25) is 14.4 Å². The summed E-state index contributed by atoms with van der Waals surface area (Å²) in [4.78, 5) is 41.4. The summed E-state index contributed by atoms with van der Waals surface area (Å²) in [5.74, 6) is 0.422. The number of nitrogens with one attached hydrogen (secondary N) is 1. The molecule has 1 spiro atoms. The van der Waals surface area contributed by atoms with Crippen molar-refractivity contribution < 1.29 is 19.1 Å². The number of hydrogen-bond donors (Lipinski definition) is 1. The molecule has 152 valence electrons. The molecule has 7 nitrogen and oxygen atoms in total. The molecule has 1 aromatic carbocycles. The molecule has 0 bridgehead atoms. The second-order valence-corrected chi connectivity index (χ2v) is 7.99. The van der Waals surface area contributed by atoms with Crippen LogP contribution in [0.15, 0.2) is 24.3 Å². The molecule has 1 saturated heterocycles. The number of nitrogens with zero attached hydrogens (tertiary/aromatic N) is 2. The standard InChI is InChI=1S/C21H29N3O4/c1-15(20(27)22-11-13-23(2)3)24-12-10-21(9-8-19(24)26)14-17(25)16-6-4-5-7-18(16)28-21/h4-7,15H,8-14H2,1-3H3,(H,22,27). The van der Waals surface area contributed by atoms with E-state index in [0.29, 0.717) is 37.2 Å². The van der Waals surface area contributed by atoms with Gasteiger partial charge in [-0.05, 0) is 39.6 Å². The topological polar surface area (TPSA) is 79.0 Å². The zero-order valence-corrected chi connectivity index (χ0v) is 16.9. The number of fused-ring (bicyclic) bond motifs is 1. The van der Waals surface area contributed by atoms with E-state index >= 15 is 0 Å². The van der Waals surface area contributed by atoms with Crippen LogP contribution in [0.1, 0.15) is 43.0 Å². The molecule has 2 unspecified atom stereocenters. The molecule has 0 aromatic heterocycles. The van der Waals surface area contributed by atoms with Crippen molar-refractivity contribution >= 4 is 17.6 Å². The van der Waals surface area contributed by atoms with Crippen LogP contribution in [0.4, 0.5) is 0 Å². The molecule has 2 heterocycles. The lowest BCUT2D eigenvalue weighted by molar-refractivity contribution is -0.139. The van der Waals surface area contributed by atoms with Crippen LogP contribution in [0.2, 0.25) is 0 Å². The second kappa shape index (κ2) is 8.31. The van der Waals surface area contributed by atoms with Gasteiger partial charge in [0, 0.05) is 32.5 Å². The van der Waals surface area contributed by atoms with Crippen molar-refractivity contribution in [3.8, 4) is 5.75 Å². The molecule has 0 saturated carbocycles. The molecule has 2 aliphatic rings. The van der Waals surface area contributed by atoms with Gasteiger partial charge in [-0.25, -0.2) is 0 Å². The highest BCUT2D eigenvalue weighted by Gasteiger charge is 2.44. The fraction of sp³-hybridized carbons (Fsp3) is 0.571. The Labute approximate surface area is 166 Å². The first-order chi connectivity index (χ1) is 13.3. The SMILES string of the molecule is CC(C(=O)NCCN(C)C)N1CCC2(CCC1=O)CC(=O)c1ccccc1O2. The average molecular weight is 387 g/mol. The molecule has 7 heteroatoms. The fourth-order valence-corrected chi connectivity index (χ4v) is 3.88. The average Bonchev–Trinajstić information content (AvgIpc) is 2.80. The first kappa shape index (κ1) is 20.3. The van der Waals surface area contributed by atoms with Gasteiger partial charge < -0.3 is 19.9 Å². The van der Waals surface area contributed by atoms with Gasteiger partial charge in [0.2, 0.25) is 11.8 Å². The van der Waals surface area contributed by atoms with Crippen LogP contribution >= 0.6 is 0 Å². The molecule has 28 heavy (non-hydrogen) atoms. The van der Waals surface area contributed by atoms with E-state index in [9.17, 15) is 14.4 Å². The summed E-state index contributed by atoms with van der Waals surface area (Å²) in [6.45, 7) is 3.43. The summed E-state index contributed by atoms with van der Waals surface area (Å²) < 4.78 is 6.23. The first-order valence-electron chi connectivity index (χ1n) is 9.84. The molecule has 1 N–H and O–H groups in total. The van der Waals surface area contributed by atoms with Crippen molar-refractivity contribution in [2.75, 3.05) is 33.7 Å². The third kappa shape index (κ3) is 4.35. The number of amides is 2. The van der Waals surface area contributed by atoms with Crippen LogP contribution in [-0.4, -0.2) is 72.8 Å². The van der Waals surface area contributed by atoms with Crippen molar-refractivity contribution in [3.05, 3.63) is 29.8 Å². The molecular formula is C21H29N3O4. The minimum atomic E-state index is -0.670. The van der Waals surface area contributed by atoms with Crippen LogP contribution in [-0.2, 0) is 9.59 Å². The predicted octanol–water partition coefficient (Wildman–Crippen LogP) is 1.47. The van der Waals surface area contributed by atoms with Crippen molar-refractivity contribution in [3.63, 3.8) is 0 Å². The predicted molar refractivity (Wildman–Crippen MR) is 105 cm³/mol. The molecule has 0 aliphatic carbocycles. The van der Waals surface area contributed by atoms with Gasteiger partial charge in [0.1, 0.15) is 17.4 Å². The Hall–Kier alpha value is -2.41. The van der Waals surface area contributed by atoms with Crippen LogP contribution in [0.5, 0.6) is 5.75 Å².